The van der Waals surface area contributed by atoms with Gasteiger partial charge in [-0.1, -0.05) is 15.9 Å². The Morgan fingerprint density at radius 2 is 2.14 bits per heavy atom. The minimum absolute atomic E-state index is 0.149. The van der Waals surface area contributed by atoms with E-state index >= 15 is 0 Å². The molecule has 0 saturated heterocycles. The Hall–Kier alpha value is -2.52. The second-order valence-corrected chi connectivity index (χ2v) is 9.22. The summed E-state index contributed by atoms with van der Waals surface area (Å²) in [6.45, 7) is 1.80. The van der Waals surface area contributed by atoms with Gasteiger partial charge < -0.3 is 5.32 Å². The number of benzene rings is 1. The zero-order chi connectivity index (χ0) is 20.1. The fourth-order valence-electron chi connectivity index (χ4n) is 3.84. The third-order valence-corrected chi connectivity index (χ3v) is 7.36. The first-order valence-corrected chi connectivity index (χ1v) is 11.1. The van der Waals surface area contributed by atoms with Gasteiger partial charge in [-0.2, -0.15) is 0 Å². The molecule has 0 radical (unpaired) electrons. The molecule has 1 N–H and O–H groups in total. The number of nitrogens with zero attached hydrogens (tertiary/aromatic N) is 4. The Balaban J connectivity index is 1.50. The highest BCUT2D eigenvalue weighted by Gasteiger charge is 2.22. The maximum Gasteiger partial charge on any atom is 0.352 e. The fraction of sp³-hybridized carbons (Fsp3) is 0.300. The van der Waals surface area contributed by atoms with E-state index in [4.69, 9.17) is 0 Å². The van der Waals surface area contributed by atoms with E-state index in [0.717, 1.165) is 39.5 Å². The van der Waals surface area contributed by atoms with E-state index in [9.17, 15) is 9.59 Å². The van der Waals surface area contributed by atoms with Gasteiger partial charge in [-0.3, -0.25) is 4.79 Å². The fourth-order valence-corrected chi connectivity index (χ4v) is 5.31. The lowest BCUT2D eigenvalue weighted by atomic mass is 9.97. The molecule has 1 aromatic carbocycles. The number of thiophene rings is 1. The maximum absolute atomic E-state index is 12.8. The summed E-state index contributed by atoms with van der Waals surface area (Å²) in [5.41, 5.74) is 3.20. The van der Waals surface area contributed by atoms with Crippen molar-refractivity contribution in [3.8, 4) is 0 Å². The lowest BCUT2D eigenvalue weighted by Crippen LogP contribution is -2.28. The van der Waals surface area contributed by atoms with Crippen LogP contribution in [0.25, 0.3) is 15.9 Å². The standard InChI is InChI=1S/C20H18BrN5O2S/c1-11-8-12(6-7-14(11)21)23-16(27)9-26-20(28)25-10-22-19-17(18(25)24-26)13-4-2-3-5-15(13)29-19/h6-8,10H,2-5,9H2,1H3,(H,23,27). The smallest absolute Gasteiger partial charge is 0.324 e. The number of aromatic nitrogens is 4. The maximum atomic E-state index is 12.8. The van der Waals surface area contributed by atoms with Crippen molar-refractivity contribution >= 4 is 54.7 Å². The molecule has 5 rings (SSSR count). The van der Waals surface area contributed by atoms with Crippen molar-refractivity contribution in [3.05, 3.63) is 55.5 Å². The average Bonchev–Trinajstić information content (AvgIpc) is 3.22. The molecule has 0 atom stereocenters. The number of amides is 1. The molecule has 4 aromatic rings. The van der Waals surface area contributed by atoms with Crippen LogP contribution in [0, 0.1) is 6.92 Å². The molecule has 1 aliphatic carbocycles. The number of fused-ring (bicyclic) bond motifs is 5. The first kappa shape index (κ1) is 18.5. The number of hydrogen-bond donors (Lipinski definition) is 1. The first-order valence-electron chi connectivity index (χ1n) is 9.45. The molecular formula is C20H18BrN5O2S. The molecule has 0 bridgehead atoms. The second-order valence-electron chi connectivity index (χ2n) is 7.28. The summed E-state index contributed by atoms with van der Waals surface area (Å²) >= 11 is 5.13. The Bertz CT molecular complexity index is 1340. The lowest BCUT2D eigenvalue weighted by Gasteiger charge is -2.09. The Morgan fingerprint density at radius 3 is 2.97 bits per heavy atom. The van der Waals surface area contributed by atoms with Gasteiger partial charge in [0.25, 0.3) is 0 Å². The largest absolute Gasteiger partial charge is 0.352 e. The van der Waals surface area contributed by atoms with Crippen LogP contribution in [-0.4, -0.2) is 25.1 Å². The Morgan fingerprint density at radius 1 is 1.31 bits per heavy atom. The highest BCUT2D eigenvalue weighted by molar-refractivity contribution is 9.10. The van der Waals surface area contributed by atoms with Gasteiger partial charge in [-0.05, 0) is 61.9 Å². The summed E-state index contributed by atoms with van der Waals surface area (Å²) < 4.78 is 3.63. The van der Waals surface area contributed by atoms with E-state index in [-0.39, 0.29) is 18.1 Å². The normalized spacial score (nSPS) is 13.7. The van der Waals surface area contributed by atoms with E-state index in [2.05, 4.69) is 31.3 Å². The van der Waals surface area contributed by atoms with E-state index in [1.807, 2.05) is 25.1 Å². The average molecular weight is 472 g/mol. The molecule has 9 heteroatoms. The number of anilines is 1. The van der Waals surface area contributed by atoms with Crippen LogP contribution in [0.5, 0.6) is 0 Å². The van der Waals surface area contributed by atoms with Crippen LogP contribution in [-0.2, 0) is 24.2 Å². The quantitative estimate of drug-likeness (QED) is 0.493. The second kappa shape index (κ2) is 7.07. The van der Waals surface area contributed by atoms with Crippen LogP contribution in [0.2, 0.25) is 0 Å². The summed E-state index contributed by atoms with van der Waals surface area (Å²) in [5, 5.41) is 8.29. The SMILES string of the molecule is Cc1cc(NC(=O)Cn2nc3c4c5c(sc4ncn3c2=O)CCCC5)ccc1Br. The van der Waals surface area contributed by atoms with Crippen molar-refractivity contribution in [3.63, 3.8) is 0 Å². The number of halogens is 1. The highest BCUT2D eigenvalue weighted by Crippen LogP contribution is 2.36. The molecule has 0 saturated carbocycles. The van der Waals surface area contributed by atoms with Crippen molar-refractivity contribution in [1.82, 2.24) is 19.2 Å². The summed E-state index contributed by atoms with van der Waals surface area (Å²) in [6, 6.07) is 5.57. The molecule has 148 valence electrons. The van der Waals surface area contributed by atoms with Gasteiger partial charge >= 0.3 is 5.69 Å². The summed E-state index contributed by atoms with van der Waals surface area (Å²) in [5.74, 6) is -0.297. The van der Waals surface area contributed by atoms with Crippen LogP contribution >= 0.6 is 27.3 Å². The topological polar surface area (TPSA) is 81.3 Å². The van der Waals surface area contributed by atoms with Gasteiger partial charge in [0.05, 0.1) is 5.39 Å². The molecule has 7 nitrogen and oxygen atoms in total. The molecule has 0 aliphatic heterocycles. The minimum Gasteiger partial charge on any atom is -0.324 e. The molecule has 0 fully saturated rings. The number of rotatable bonds is 3. The Labute approximate surface area is 178 Å². The van der Waals surface area contributed by atoms with Gasteiger partial charge in [0.15, 0.2) is 5.65 Å². The summed E-state index contributed by atoms with van der Waals surface area (Å²) in [4.78, 5) is 32.0. The number of carbonyl (C=O) groups excluding carboxylic acids is 1. The van der Waals surface area contributed by atoms with Gasteiger partial charge in [0.1, 0.15) is 17.7 Å². The number of nitrogens with one attached hydrogen (secondary N) is 1. The highest BCUT2D eigenvalue weighted by atomic mass is 79.9. The number of aryl methyl sites for hydroxylation is 3. The van der Waals surface area contributed by atoms with E-state index in [1.54, 1.807) is 11.3 Å². The van der Waals surface area contributed by atoms with Crippen molar-refractivity contribution < 1.29 is 4.79 Å². The zero-order valence-corrected chi connectivity index (χ0v) is 18.1. The molecule has 3 heterocycles. The van der Waals surface area contributed by atoms with Crippen molar-refractivity contribution in [2.24, 2.45) is 0 Å². The van der Waals surface area contributed by atoms with E-state index in [0.29, 0.717) is 11.3 Å². The molecule has 3 aromatic heterocycles. The molecule has 1 amide bonds. The molecule has 29 heavy (non-hydrogen) atoms. The molecule has 0 spiro atoms. The van der Waals surface area contributed by atoms with E-state index in [1.165, 1.54) is 32.3 Å². The zero-order valence-electron chi connectivity index (χ0n) is 15.7. The third-order valence-electron chi connectivity index (χ3n) is 5.27. The molecule has 0 unspecified atom stereocenters. The van der Waals surface area contributed by atoms with Crippen molar-refractivity contribution in [1.29, 1.82) is 0 Å². The number of carbonyl (C=O) groups is 1. The van der Waals surface area contributed by atoms with Crippen LogP contribution in [0.1, 0.15) is 28.8 Å². The van der Waals surface area contributed by atoms with Gasteiger partial charge in [0, 0.05) is 15.0 Å². The molecular weight excluding hydrogens is 454 g/mol. The van der Waals surface area contributed by atoms with E-state index < -0.39 is 0 Å². The van der Waals surface area contributed by atoms with Crippen molar-refractivity contribution in [2.45, 2.75) is 39.2 Å². The van der Waals surface area contributed by atoms with Crippen molar-refractivity contribution in [2.75, 3.05) is 5.32 Å². The van der Waals surface area contributed by atoms with Crippen LogP contribution in [0.3, 0.4) is 0 Å². The van der Waals surface area contributed by atoms with Crippen LogP contribution < -0.4 is 11.0 Å². The summed E-state index contributed by atoms with van der Waals surface area (Å²) in [7, 11) is 0. The van der Waals surface area contributed by atoms with Gasteiger partial charge in [-0.15, -0.1) is 16.4 Å². The molecule has 1 aliphatic rings. The predicted octanol–water partition coefficient (Wildman–Crippen LogP) is 3.69. The first-order chi connectivity index (χ1) is 14.0. The van der Waals surface area contributed by atoms with Crippen LogP contribution in [0.15, 0.2) is 33.8 Å². The Kier molecular flexibility index (Phi) is 4.51. The van der Waals surface area contributed by atoms with Gasteiger partial charge in [-0.25, -0.2) is 18.9 Å². The lowest BCUT2D eigenvalue weighted by molar-refractivity contribution is -0.117. The van der Waals surface area contributed by atoms with Crippen LogP contribution in [0.4, 0.5) is 5.69 Å². The predicted molar refractivity (Wildman–Crippen MR) is 117 cm³/mol. The summed E-state index contributed by atoms with van der Waals surface area (Å²) in [6.07, 6.45) is 5.89. The van der Waals surface area contributed by atoms with Gasteiger partial charge in [0.2, 0.25) is 5.91 Å². The minimum atomic E-state index is -0.354. The number of hydrogen-bond acceptors (Lipinski definition) is 5. The third kappa shape index (κ3) is 3.18. The monoisotopic (exact) mass is 471 g/mol.